The molecule has 0 spiro atoms. The van der Waals surface area contributed by atoms with Gasteiger partial charge in [-0.15, -0.1) is 0 Å². The third-order valence-corrected chi connectivity index (χ3v) is 3.35. The molecule has 0 aliphatic carbocycles. The molecule has 0 saturated heterocycles. The first-order valence-corrected chi connectivity index (χ1v) is 6.71. The second kappa shape index (κ2) is 5.96. The van der Waals surface area contributed by atoms with Crippen molar-refractivity contribution in [3.8, 4) is 5.88 Å². The van der Waals surface area contributed by atoms with Crippen LogP contribution < -0.4 is 10.5 Å². The molecule has 0 unspecified atom stereocenters. The van der Waals surface area contributed by atoms with E-state index in [1.807, 2.05) is 24.3 Å². The SMILES string of the molecule is Cc1nn(C)c(OCc2ccc(Br)cc2)c1/C(N)=N/O. The minimum Gasteiger partial charge on any atom is -0.472 e. The Morgan fingerprint density at radius 2 is 2.10 bits per heavy atom. The number of halogens is 1. The third kappa shape index (κ3) is 2.93. The van der Waals surface area contributed by atoms with Gasteiger partial charge in [0.1, 0.15) is 12.2 Å². The fourth-order valence-electron chi connectivity index (χ4n) is 1.88. The number of nitrogens with two attached hydrogens (primary N) is 1. The third-order valence-electron chi connectivity index (χ3n) is 2.82. The van der Waals surface area contributed by atoms with Crippen LogP contribution in [0.4, 0.5) is 0 Å². The Balaban J connectivity index is 2.23. The fourth-order valence-corrected chi connectivity index (χ4v) is 2.14. The predicted molar refractivity (Wildman–Crippen MR) is 78.9 cm³/mol. The van der Waals surface area contributed by atoms with Gasteiger partial charge < -0.3 is 15.7 Å². The van der Waals surface area contributed by atoms with Gasteiger partial charge in [0.25, 0.3) is 0 Å². The fraction of sp³-hybridized carbons (Fsp3) is 0.231. The van der Waals surface area contributed by atoms with E-state index in [0.717, 1.165) is 10.0 Å². The number of ether oxygens (including phenoxy) is 1. The van der Waals surface area contributed by atoms with Gasteiger partial charge in [-0.05, 0) is 24.6 Å². The number of amidine groups is 1. The quantitative estimate of drug-likeness (QED) is 0.387. The van der Waals surface area contributed by atoms with Gasteiger partial charge in [-0.1, -0.05) is 33.2 Å². The van der Waals surface area contributed by atoms with Crippen LogP contribution in [0.5, 0.6) is 5.88 Å². The van der Waals surface area contributed by atoms with Gasteiger partial charge in [0, 0.05) is 11.5 Å². The Kier molecular flexibility index (Phi) is 4.29. The molecule has 1 heterocycles. The van der Waals surface area contributed by atoms with Crippen molar-refractivity contribution in [2.45, 2.75) is 13.5 Å². The standard InChI is InChI=1S/C13H15BrN4O2/c1-8-11(12(15)17-19)13(18(2)16-8)20-7-9-3-5-10(14)6-4-9/h3-6,19H,7H2,1-2H3,(H2,15,17). The number of nitrogens with zero attached hydrogens (tertiary/aromatic N) is 3. The lowest BCUT2D eigenvalue weighted by Gasteiger charge is -2.08. The minimum absolute atomic E-state index is 0.0126. The molecule has 0 radical (unpaired) electrons. The van der Waals surface area contributed by atoms with Crippen molar-refractivity contribution in [2.24, 2.45) is 17.9 Å². The predicted octanol–water partition coefficient (Wildman–Crippen LogP) is 2.16. The van der Waals surface area contributed by atoms with E-state index in [0.29, 0.717) is 23.7 Å². The zero-order valence-corrected chi connectivity index (χ0v) is 12.8. The summed E-state index contributed by atoms with van der Waals surface area (Å²) < 4.78 is 8.33. The molecular weight excluding hydrogens is 324 g/mol. The Morgan fingerprint density at radius 3 is 2.70 bits per heavy atom. The van der Waals surface area contributed by atoms with Crippen LogP contribution in [0.3, 0.4) is 0 Å². The lowest BCUT2D eigenvalue weighted by Crippen LogP contribution is -2.15. The van der Waals surface area contributed by atoms with Gasteiger partial charge in [0.2, 0.25) is 5.88 Å². The van der Waals surface area contributed by atoms with E-state index in [-0.39, 0.29) is 5.84 Å². The molecule has 1 aromatic heterocycles. The van der Waals surface area contributed by atoms with Gasteiger partial charge in [-0.3, -0.25) is 0 Å². The Bertz CT molecular complexity index is 635. The van der Waals surface area contributed by atoms with E-state index < -0.39 is 0 Å². The summed E-state index contributed by atoms with van der Waals surface area (Å²) in [5.41, 5.74) is 7.82. The maximum Gasteiger partial charge on any atom is 0.223 e. The van der Waals surface area contributed by atoms with Gasteiger partial charge in [0.15, 0.2) is 5.84 Å². The first-order valence-electron chi connectivity index (χ1n) is 5.91. The first-order chi connectivity index (χ1) is 9.52. The molecule has 0 aliphatic rings. The van der Waals surface area contributed by atoms with Gasteiger partial charge in [-0.25, -0.2) is 4.68 Å². The molecule has 106 valence electrons. The zero-order chi connectivity index (χ0) is 14.7. The summed E-state index contributed by atoms with van der Waals surface area (Å²) >= 11 is 3.38. The van der Waals surface area contributed by atoms with Gasteiger partial charge >= 0.3 is 0 Å². The van der Waals surface area contributed by atoms with E-state index >= 15 is 0 Å². The lowest BCUT2D eigenvalue weighted by molar-refractivity contribution is 0.277. The van der Waals surface area contributed by atoms with E-state index in [2.05, 4.69) is 26.2 Å². The molecule has 6 nitrogen and oxygen atoms in total. The van der Waals surface area contributed by atoms with Crippen molar-refractivity contribution >= 4 is 21.8 Å². The minimum atomic E-state index is -0.0126. The number of hydrogen-bond donors (Lipinski definition) is 2. The van der Waals surface area contributed by atoms with Crippen molar-refractivity contribution in [3.05, 3.63) is 45.6 Å². The summed E-state index contributed by atoms with van der Waals surface area (Å²) in [7, 11) is 1.75. The van der Waals surface area contributed by atoms with Gasteiger partial charge in [0.05, 0.1) is 5.69 Å². The molecule has 20 heavy (non-hydrogen) atoms. The van der Waals surface area contributed by atoms with Crippen LogP contribution in [0.2, 0.25) is 0 Å². The molecule has 0 bridgehead atoms. The first kappa shape index (κ1) is 14.4. The van der Waals surface area contributed by atoms with E-state index in [4.69, 9.17) is 15.7 Å². The molecule has 7 heteroatoms. The molecule has 0 amide bonds. The van der Waals surface area contributed by atoms with Gasteiger partial charge in [-0.2, -0.15) is 5.10 Å². The van der Waals surface area contributed by atoms with Crippen molar-refractivity contribution in [1.82, 2.24) is 9.78 Å². The normalized spacial score (nSPS) is 11.7. The molecular formula is C13H15BrN4O2. The molecule has 2 rings (SSSR count). The number of hydrogen-bond acceptors (Lipinski definition) is 4. The van der Waals surface area contributed by atoms with Crippen LogP contribution in [0.25, 0.3) is 0 Å². The second-order valence-electron chi connectivity index (χ2n) is 4.29. The van der Waals surface area contributed by atoms with Crippen LogP contribution in [-0.4, -0.2) is 20.8 Å². The maximum absolute atomic E-state index is 8.83. The zero-order valence-electron chi connectivity index (χ0n) is 11.2. The number of benzene rings is 1. The van der Waals surface area contributed by atoms with Crippen molar-refractivity contribution in [1.29, 1.82) is 0 Å². The summed E-state index contributed by atoms with van der Waals surface area (Å²) in [6.07, 6.45) is 0. The van der Waals surface area contributed by atoms with Crippen molar-refractivity contribution < 1.29 is 9.94 Å². The van der Waals surface area contributed by atoms with Crippen LogP contribution in [0.15, 0.2) is 33.9 Å². The monoisotopic (exact) mass is 338 g/mol. The van der Waals surface area contributed by atoms with E-state index in [1.165, 1.54) is 0 Å². The topological polar surface area (TPSA) is 85.7 Å². The average molecular weight is 339 g/mol. The van der Waals surface area contributed by atoms with Crippen molar-refractivity contribution in [3.63, 3.8) is 0 Å². The molecule has 3 N–H and O–H groups in total. The number of aryl methyl sites for hydroxylation is 2. The number of oxime groups is 1. The Morgan fingerprint density at radius 1 is 1.45 bits per heavy atom. The highest BCUT2D eigenvalue weighted by Gasteiger charge is 2.18. The summed E-state index contributed by atoms with van der Waals surface area (Å²) in [6.45, 7) is 2.15. The highest BCUT2D eigenvalue weighted by molar-refractivity contribution is 9.10. The van der Waals surface area contributed by atoms with E-state index in [9.17, 15) is 0 Å². The molecule has 0 saturated carbocycles. The summed E-state index contributed by atoms with van der Waals surface area (Å²) in [5.74, 6) is 0.460. The highest BCUT2D eigenvalue weighted by atomic mass is 79.9. The van der Waals surface area contributed by atoms with E-state index in [1.54, 1.807) is 18.7 Å². The Labute approximate surface area is 125 Å². The van der Waals surface area contributed by atoms with Crippen LogP contribution in [0, 0.1) is 6.92 Å². The van der Waals surface area contributed by atoms with Crippen LogP contribution in [0.1, 0.15) is 16.8 Å². The summed E-state index contributed by atoms with van der Waals surface area (Å²) in [6, 6.07) is 7.79. The van der Waals surface area contributed by atoms with Crippen LogP contribution in [-0.2, 0) is 13.7 Å². The Hall–Kier alpha value is -2.02. The number of aromatic nitrogens is 2. The molecule has 0 atom stereocenters. The van der Waals surface area contributed by atoms with Crippen molar-refractivity contribution in [2.75, 3.05) is 0 Å². The highest BCUT2D eigenvalue weighted by Crippen LogP contribution is 2.22. The smallest absolute Gasteiger partial charge is 0.223 e. The largest absolute Gasteiger partial charge is 0.472 e. The molecule has 1 aromatic carbocycles. The maximum atomic E-state index is 8.83. The second-order valence-corrected chi connectivity index (χ2v) is 5.21. The summed E-state index contributed by atoms with van der Waals surface area (Å²) in [5, 5.41) is 16.1. The summed E-state index contributed by atoms with van der Waals surface area (Å²) in [4.78, 5) is 0. The molecule has 0 aliphatic heterocycles. The molecule has 0 fully saturated rings. The number of rotatable bonds is 4. The molecule has 2 aromatic rings. The van der Waals surface area contributed by atoms with Crippen LogP contribution >= 0.6 is 15.9 Å². The lowest BCUT2D eigenvalue weighted by atomic mass is 10.2. The average Bonchev–Trinajstić information content (AvgIpc) is 2.71.